The van der Waals surface area contributed by atoms with E-state index in [1.165, 1.54) is 25.1 Å². The zero-order valence-corrected chi connectivity index (χ0v) is 18.5. The van der Waals surface area contributed by atoms with Crippen molar-refractivity contribution >= 4 is 23.3 Å². The van der Waals surface area contributed by atoms with Crippen molar-refractivity contribution in [2.75, 3.05) is 18.5 Å². The van der Waals surface area contributed by atoms with Gasteiger partial charge >= 0.3 is 18.1 Å². The molecule has 0 spiro atoms. The molecular formula is C23H24F3NO7. The van der Waals surface area contributed by atoms with Gasteiger partial charge in [-0.05, 0) is 56.2 Å². The monoisotopic (exact) mass is 483 g/mol. The summed E-state index contributed by atoms with van der Waals surface area (Å²) in [6.07, 6.45) is -5.80. The number of phenolic OH excluding ortho intramolecular Hbond substituents is 1. The number of benzene rings is 2. The van der Waals surface area contributed by atoms with E-state index >= 15 is 0 Å². The second kappa shape index (κ2) is 11.4. The molecule has 0 bridgehead atoms. The van der Waals surface area contributed by atoms with Gasteiger partial charge in [-0.1, -0.05) is 0 Å². The minimum absolute atomic E-state index is 0.0566. The fourth-order valence-electron chi connectivity index (χ4n) is 3.02. The van der Waals surface area contributed by atoms with Gasteiger partial charge in [0.1, 0.15) is 17.2 Å². The van der Waals surface area contributed by atoms with Gasteiger partial charge < -0.3 is 25.0 Å². The topological polar surface area (TPSA) is 122 Å². The lowest BCUT2D eigenvalue weighted by atomic mass is 10.0. The molecule has 0 saturated heterocycles. The second-order valence-electron chi connectivity index (χ2n) is 7.40. The zero-order valence-electron chi connectivity index (χ0n) is 18.5. The second-order valence-corrected chi connectivity index (χ2v) is 7.40. The van der Waals surface area contributed by atoms with Gasteiger partial charge in [0.2, 0.25) is 0 Å². The van der Waals surface area contributed by atoms with E-state index in [1.807, 2.05) is 0 Å². The first kappa shape index (κ1) is 26.5. The van der Waals surface area contributed by atoms with Gasteiger partial charge in [-0.25, -0.2) is 4.79 Å². The number of carboxylic acid groups (broad SMARTS) is 1. The first-order valence-electron chi connectivity index (χ1n) is 10.2. The van der Waals surface area contributed by atoms with Crippen LogP contribution in [0.2, 0.25) is 0 Å². The Bertz CT molecular complexity index is 1070. The van der Waals surface area contributed by atoms with E-state index in [0.717, 1.165) is 0 Å². The Labute approximate surface area is 193 Å². The van der Waals surface area contributed by atoms with Gasteiger partial charge in [-0.3, -0.25) is 9.59 Å². The average Bonchev–Trinajstić information content (AvgIpc) is 2.73. The Hall–Kier alpha value is -3.76. The van der Waals surface area contributed by atoms with Crippen LogP contribution < -0.4 is 14.8 Å². The van der Waals surface area contributed by atoms with E-state index in [-0.39, 0.29) is 30.1 Å². The Morgan fingerprint density at radius 2 is 1.74 bits per heavy atom. The van der Waals surface area contributed by atoms with Gasteiger partial charge in [0.15, 0.2) is 5.78 Å². The number of aryl methyl sites for hydroxylation is 1. The third-order valence-electron chi connectivity index (χ3n) is 4.73. The van der Waals surface area contributed by atoms with E-state index in [9.17, 15) is 32.7 Å². The number of nitrogens with one attached hydrogen (secondary N) is 1. The Kier molecular flexibility index (Phi) is 8.88. The van der Waals surface area contributed by atoms with Gasteiger partial charge in [-0.15, -0.1) is 0 Å². The minimum atomic E-state index is -4.44. The van der Waals surface area contributed by atoms with E-state index < -0.39 is 42.4 Å². The number of carbonyl (C=O) groups is 3. The summed E-state index contributed by atoms with van der Waals surface area (Å²) < 4.78 is 49.1. The van der Waals surface area contributed by atoms with Crippen molar-refractivity contribution in [3.63, 3.8) is 0 Å². The highest BCUT2D eigenvalue weighted by molar-refractivity contribution is 6.36. The summed E-state index contributed by atoms with van der Waals surface area (Å²) >= 11 is 0. The van der Waals surface area contributed by atoms with Crippen LogP contribution in [-0.4, -0.2) is 47.3 Å². The fourth-order valence-corrected chi connectivity index (χ4v) is 3.02. The van der Waals surface area contributed by atoms with Crippen LogP contribution in [0.4, 0.5) is 18.9 Å². The number of aromatic hydroxyl groups is 1. The number of anilines is 1. The number of aliphatic carboxylic acids is 1. The molecule has 0 fully saturated rings. The molecule has 2 rings (SSSR count). The zero-order chi connectivity index (χ0) is 25.5. The highest BCUT2D eigenvalue weighted by Gasteiger charge is 2.28. The number of halogens is 3. The molecule has 0 saturated carbocycles. The molecule has 34 heavy (non-hydrogen) atoms. The van der Waals surface area contributed by atoms with Crippen LogP contribution in [0.15, 0.2) is 30.3 Å². The van der Waals surface area contributed by atoms with Crippen molar-refractivity contribution in [1.82, 2.24) is 0 Å². The molecule has 2 aromatic rings. The normalized spacial score (nSPS) is 11.1. The molecule has 0 heterocycles. The molecule has 8 nitrogen and oxygen atoms in total. The number of Topliss-reactive ketones (excluding diaryl/α,β-unsaturated/α-hetero) is 1. The number of amides is 1. The van der Waals surface area contributed by atoms with Crippen LogP contribution >= 0.6 is 0 Å². The number of hydrogen-bond acceptors (Lipinski definition) is 6. The van der Waals surface area contributed by atoms with Gasteiger partial charge in [0.25, 0.3) is 0 Å². The van der Waals surface area contributed by atoms with E-state index in [4.69, 9.17) is 14.6 Å². The largest absolute Gasteiger partial charge is 0.507 e. The van der Waals surface area contributed by atoms with E-state index in [1.54, 1.807) is 19.1 Å². The molecule has 0 unspecified atom stereocenters. The van der Waals surface area contributed by atoms with Crippen molar-refractivity contribution in [3.8, 4) is 17.2 Å². The molecule has 0 radical (unpaired) electrons. The summed E-state index contributed by atoms with van der Waals surface area (Å²) in [5.41, 5.74) is 0.744. The fraction of sp³-hybridized carbons (Fsp3) is 0.348. The minimum Gasteiger partial charge on any atom is -0.507 e. The van der Waals surface area contributed by atoms with Crippen molar-refractivity contribution in [2.24, 2.45) is 0 Å². The van der Waals surface area contributed by atoms with Crippen molar-refractivity contribution in [1.29, 1.82) is 0 Å². The summed E-state index contributed by atoms with van der Waals surface area (Å²) in [5, 5.41) is 21.2. The van der Waals surface area contributed by atoms with Gasteiger partial charge in [0.05, 0.1) is 18.8 Å². The SMILES string of the molecule is CC(=O)c1ccc(OCCCOc2ccc(NC(=O)C(=O)O)c(C)c2)c(CCC(F)(F)F)c1O. The van der Waals surface area contributed by atoms with Gasteiger partial charge in [-0.2, -0.15) is 13.2 Å². The van der Waals surface area contributed by atoms with Crippen LogP contribution in [0.25, 0.3) is 0 Å². The highest BCUT2D eigenvalue weighted by Crippen LogP contribution is 2.35. The summed E-state index contributed by atoms with van der Waals surface area (Å²) in [6.45, 7) is 3.13. The molecular weight excluding hydrogens is 459 g/mol. The number of hydrogen-bond donors (Lipinski definition) is 3. The first-order chi connectivity index (χ1) is 15.9. The molecule has 0 aromatic heterocycles. The first-order valence-corrected chi connectivity index (χ1v) is 10.2. The third kappa shape index (κ3) is 7.68. The maximum absolute atomic E-state index is 12.7. The van der Waals surface area contributed by atoms with Crippen LogP contribution in [0.5, 0.6) is 17.2 Å². The third-order valence-corrected chi connectivity index (χ3v) is 4.73. The van der Waals surface area contributed by atoms with Crippen molar-refractivity contribution in [3.05, 3.63) is 47.0 Å². The highest BCUT2D eigenvalue weighted by atomic mass is 19.4. The summed E-state index contributed by atoms with van der Waals surface area (Å²) in [5.74, 6) is -3.25. The molecule has 0 aliphatic heterocycles. The quantitative estimate of drug-likeness (QED) is 0.262. The molecule has 0 aliphatic rings. The lowest BCUT2D eigenvalue weighted by Gasteiger charge is -2.16. The lowest BCUT2D eigenvalue weighted by Crippen LogP contribution is -2.22. The number of ketones is 1. The number of alkyl halides is 3. The number of ether oxygens (including phenoxy) is 2. The Morgan fingerprint density at radius 1 is 1.06 bits per heavy atom. The molecule has 0 aliphatic carbocycles. The predicted molar refractivity (Wildman–Crippen MR) is 116 cm³/mol. The number of rotatable bonds is 10. The number of phenols is 1. The molecule has 0 atom stereocenters. The average molecular weight is 483 g/mol. The maximum Gasteiger partial charge on any atom is 0.394 e. The van der Waals surface area contributed by atoms with Crippen LogP contribution in [0, 0.1) is 6.92 Å². The van der Waals surface area contributed by atoms with Crippen molar-refractivity contribution in [2.45, 2.75) is 39.3 Å². The summed E-state index contributed by atoms with van der Waals surface area (Å²) in [4.78, 5) is 33.5. The van der Waals surface area contributed by atoms with Crippen molar-refractivity contribution < 1.29 is 47.2 Å². The standard InChI is InChI=1S/C23H24F3NO7/c1-13-12-15(4-6-18(13)27-21(30)22(31)32)33-10-3-11-34-19-7-5-16(14(2)28)20(29)17(19)8-9-23(24,25)26/h4-7,12,29H,3,8-11H2,1-2H3,(H,27,30)(H,31,32). The van der Waals surface area contributed by atoms with Crippen LogP contribution in [-0.2, 0) is 16.0 Å². The molecule has 184 valence electrons. The number of carboxylic acids is 1. The lowest BCUT2D eigenvalue weighted by molar-refractivity contribution is -0.147. The Balaban J connectivity index is 1.95. The molecule has 3 N–H and O–H groups in total. The molecule has 11 heteroatoms. The molecule has 1 amide bonds. The summed E-state index contributed by atoms with van der Waals surface area (Å²) in [7, 11) is 0. The van der Waals surface area contributed by atoms with Crippen LogP contribution in [0.1, 0.15) is 41.3 Å². The van der Waals surface area contributed by atoms with Gasteiger partial charge in [0, 0.05) is 24.1 Å². The predicted octanol–water partition coefficient (Wildman–Crippen LogP) is 4.27. The molecule has 2 aromatic carbocycles. The Morgan fingerprint density at radius 3 is 2.32 bits per heavy atom. The summed E-state index contributed by atoms with van der Waals surface area (Å²) in [6, 6.07) is 7.30. The van der Waals surface area contributed by atoms with E-state index in [2.05, 4.69) is 5.32 Å². The number of carbonyl (C=O) groups excluding carboxylic acids is 2. The maximum atomic E-state index is 12.7. The smallest absolute Gasteiger partial charge is 0.394 e. The van der Waals surface area contributed by atoms with E-state index in [0.29, 0.717) is 23.4 Å². The van der Waals surface area contributed by atoms with Crippen LogP contribution in [0.3, 0.4) is 0 Å².